The van der Waals surface area contributed by atoms with Crippen LogP contribution in [0, 0.1) is 5.82 Å². The zero-order valence-corrected chi connectivity index (χ0v) is 15.7. The van der Waals surface area contributed by atoms with Crippen molar-refractivity contribution in [2.45, 2.75) is 18.6 Å². The Morgan fingerprint density at radius 3 is 2.24 bits per heavy atom. The molecule has 4 nitrogen and oxygen atoms in total. The molecule has 3 rings (SSSR count). The molecule has 2 aromatic carbocycles. The number of nitrogens with zero attached hydrogens (tertiary/aromatic N) is 1. The summed E-state index contributed by atoms with van der Waals surface area (Å²) < 4.78 is 56.9. The summed E-state index contributed by atoms with van der Waals surface area (Å²) in [4.78, 5) is 14.4. The molecule has 1 amide bonds. The van der Waals surface area contributed by atoms with Gasteiger partial charge in [0.2, 0.25) is 5.91 Å². The van der Waals surface area contributed by atoms with E-state index in [4.69, 9.17) is 4.74 Å². The number of rotatable bonds is 6. The van der Waals surface area contributed by atoms with Crippen LogP contribution in [-0.4, -0.2) is 43.7 Å². The molecule has 0 aliphatic carbocycles. The molecule has 1 aliphatic rings. The van der Waals surface area contributed by atoms with Crippen molar-refractivity contribution in [2.75, 3.05) is 32.8 Å². The summed E-state index contributed by atoms with van der Waals surface area (Å²) in [5, 5.41) is 2.85. The van der Waals surface area contributed by atoms with E-state index in [-0.39, 0.29) is 30.7 Å². The molecule has 1 fully saturated rings. The Hall–Kier alpha value is -2.45. The van der Waals surface area contributed by atoms with Crippen LogP contribution >= 0.6 is 0 Å². The van der Waals surface area contributed by atoms with Crippen molar-refractivity contribution in [3.05, 3.63) is 71.0 Å². The lowest BCUT2D eigenvalue weighted by molar-refractivity contribution is -0.137. The normalized spacial score (nSPS) is 16.4. The van der Waals surface area contributed by atoms with Crippen molar-refractivity contribution in [1.29, 1.82) is 0 Å². The van der Waals surface area contributed by atoms with Crippen LogP contribution in [0.5, 0.6) is 0 Å². The van der Waals surface area contributed by atoms with E-state index < -0.39 is 11.7 Å². The van der Waals surface area contributed by atoms with Crippen LogP contribution in [0.2, 0.25) is 0 Å². The Kier molecular flexibility index (Phi) is 6.87. The number of hydrogen-bond acceptors (Lipinski definition) is 3. The van der Waals surface area contributed by atoms with Crippen molar-refractivity contribution in [3.63, 3.8) is 0 Å². The number of alkyl halides is 3. The van der Waals surface area contributed by atoms with Crippen LogP contribution in [0.1, 0.15) is 22.7 Å². The minimum atomic E-state index is -4.39. The fourth-order valence-electron chi connectivity index (χ4n) is 3.30. The van der Waals surface area contributed by atoms with Gasteiger partial charge >= 0.3 is 6.18 Å². The van der Waals surface area contributed by atoms with Crippen molar-refractivity contribution < 1.29 is 27.1 Å². The van der Waals surface area contributed by atoms with E-state index in [0.29, 0.717) is 37.4 Å². The minimum Gasteiger partial charge on any atom is -0.379 e. The van der Waals surface area contributed by atoms with E-state index in [9.17, 15) is 22.4 Å². The molecule has 1 aliphatic heterocycles. The van der Waals surface area contributed by atoms with Gasteiger partial charge in [-0.3, -0.25) is 9.69 Å². The van der Waals surface area contributed by atoms with Gasteiger partial charge in [0.15, 0.2) is 0 Å². The first-order valence-electron chi connectivity index (χ1n) is 9.33. The summed E-state index contributed by atoms with van der Waals surface area (Å²) in [6.07, 6.45) is -4.29. The zero-order valence-electron chi connectivity index (χ0n) is 15.7. The Morgan fingerprint density at radius 2 is 1.66 bits per heavy atom. The van der Waals surface area contributed by atoms with Gasteiger partial charge in [0.05, 0.1) is 31.2 Å². The lowest BCUT2D eigenvalue weighted by atomic mass is 10.0. The van der Waals surface area contributed by atoms with Gasteiger partial charge in [-0.1, -0.05) is 24.3 Å². The molecule has 0 aromatic heterocycles. The fraction of sp³-hybridized carbons (Fsp3) is 0.381. The molecule has 1 N–H and O–H groups in total. The fourth-order valence-corrected chi connectivity index (χ4v) is 3.30. The smallest absolute Gasteiger partial charge is 0.379 e. The minimum absolute atomic E-state index is 0.100. The van der Waals surface area contributed by atoms with E-state index in [1.807, 2.05) is 0 Å². The number of carbonyl (C=O) groups is 1. The molecule has 1 atom stereocenters. The molecule has 0 bridgehead atoms. The summed E-state index contributed by atoms with van der Waals surface area (Å²) in [7, 11) is 0. The predicted molar refractivity (Wildman–Crippen MR) is 99.7 cm³/mol. The predicted octanol–water partition coefficient (Wildman–Crippen LogP) is 3.58. The summed E-state index contributed by atoms with van der Waals surface area (Å²) >= 11 is 0. The van der Waals surface area contributed by atoms with Gasteiger partial charge in [-0.25, -0.2) is 4.39 Å². The maximum Gasteiger partial charge on any atom is 0.416 e. The average molecular weight is 410 g/mol. The molecule has 1 heterocycles. The van der Waals surface area contributed by atoms with Crippen molar-refractivity contribution in [2.24, 2.45) is 0 Å². The quantitative estimate of drug-likeness (QED) is 0.741. The van der Waals surface area contributed by atoms with Gasteiger partial charge in [0.1, 0.15) is 5.82 Å². The first kappa shape index (κ1) is 21.3. The second-order valence-corrected chi connectivity index (χ2v) is 6.89. The third-order valence-corrected chi connectivity index (χ3v) is 4.88. The Balaban J connectivity index is 1.68. The number of hydrogen-bond donors (Lipinski definition) is 1. The lowest BCUT2D eigenvalue weighted by Crippen LogP contribution is -2.44. The number of morpholine rings is 1. The van der Waals surface area contributed by atoms with E-state index in [0.717, 1.165) is 12.1 Å². The van der Waals surface area contributed by atoms with Crippen LogP contribution < -0.4 is 5.32 Å². The molecular formula is C21H22F4N2O2. The maximum absolute atomic E-state index is 13.0. The molecule has 29 heavy (non-hydrogen) atoms. The molecular weight excluding hydrogens is 388 g/mol. The van der Waals surface area contributed by atoms with Crippen molar-refractivity contribution >= 4 is 5.91 Å². The van der Waals surface area contributed by atoms with Crippen molar-refractivity contribution in [3.8, 4) is 0 Å². The largest absolute Gasteiger partial charge is 0.416 e. The monoisotopic (exact) mass is 410 g/mol. The first-order valence-corrected chi connectivity index (χ1v) is 9.33. The lowest BCUT2D eigenvalue weighted by Gasteiger charge is -2.35. The zero-order chi connectivity index (χ0) is 20.9. The van der Waals surface area contributed by atoms with Crippen LogP contribution in [0.25, 0.3) is 0 Å². The number of nitrogens with one attached hydrogen (secondary N) is 1. The molecule has 0 radical (unpaired) electrons. The maximum atomic E-state index is 13.0. The van der Waals surface area contributed by atoms with Gasteiger partial charge in [0, 0.05) is 19.6 Å². The van der Waals surface area contributed by atoms with Crippen LogP contribution in [0.4, 0.5) is 17.6 Å². The molecule has 8 heteroatoms. The highest BCUT2D eigenvalue weighted by atomic mass is 19.4. The number of halogens is 4. The Morgan fingerprint density at radius 1 is 1.03 bits per heavy atom. The number of amides is 1. The number of carbonyl (C=O) groups excluding carboxylic acids is 1. The van der Waals surface area contributed by atoms with E-state index in [2.05, 4.69) is 10.2 Å². The summed E-state index contributed by atoms with van der Waals surface area (Å²) in [6.45, 7) is 2.56. The number of benzene rings is 2. The number of ether oxygens (including phenoxy) is 1. The van der Waals surface area contributed by atoms with Crippen LogP contribution in [0.15, 0.2) is 48.5 Å². The molecule has 1 unspecified atom stereocenters. The molecule has 0 saturated carbocycles. The van der Waals surface area contributed by atoms with Crippen molar-refractivity contribution in [1.82, 2.24) is 10.2 Å². The topological polar surface area (TPSA) is 41.6 Å². The van der Waals surface area contributed by atoms with Gasteiger partial charge in [-0.15, -0.1) is 0 Å². The Labute approximate surface area is 166 Å². The Bertz CT molecular complexity index is 801. The van der Waals surface area contributed by atoms with Gasteiger partial charge < -0.3 is 10.1 Å². The second-order valence-electron chi connectivity index (χ2n) is 6.89. The van der Waals surface area contributed by atoms with E-state index >= 15 is 0 Å². The van der Waals surface area contributed by atoms with E-state index in [1.165, 1.54) is 24.3 Å². The third-order valence-electron chi connectivity index (χ3n) is 4.88. The summed E-state index contributed by atoms with van der Waals surface area (Å²) in [5.41, 5.74) is 0.672. The SMILES string of the molecule is O=C(Cc1ccc(F)cc1)NCC(c1ccc(C(F)(F)F)cc1)N1CCOCC1. The highest BCUT2D eigenvalue weighted by Crippen LogP contribution is 2.31. The molecule has 0 spiro atoms. The third kappa shape index (κ3) is 6.01. The summed E-state index contributed by atoms with van der Waals surface area (Å²) in [5.74, 6) is -0.606. The summed E-state index contributed by atoms with van der Waals surface area (Å²) in [6, 6.07) is 10.4. The average Bonchev–Trinajstić information content (AvgIpc) is 2.70. The van der Waals surface area contributed by atoms with Crippen LogP contribution in [0.3, 0.4) is 0 Å². The highest BCUT2D eigenvalue weighted by molar-refractivity contribution is 5.78. The first-order chi connectivity index (χ1) is 13.8. The highest BCUT2D eigenvalue weighted by Gasteiger charge is 2.31. The van der Waals surface area contributed by atoms with Gasteiger partial charge in [-0.2, -0.15) is 13.2 Å². The van der Waals surface area contributed by atoms with Gasteiger partial charge in [0.25, 0.3) is 0 Å². The van der Waals surface area contributed by atoms with Gasteiger partial charge in [-0.05, 0) is 35.4 Å². The van der Waals surface area contributed by atoms with Crippen LogP contribution in [-0.2, 0) is 22.1 Å². The second kappa shape index (κ2) is 9.37. The molecule has 2 aromatic rings. The standard InChI is InChI=1S/C21H22F4N2O2/c22-18-7-1-15(2-8-18)13-20(28)26-14-19(27-9-11-29-12-10-27)16-3-5-17(6-4-16)21(23,24)25/h1-8,19H,9-14H2,(H,26,28). The molecule has 156 valence electrons. The van der Waals surface area contributed by atoms with E-state index in [1.54, 1.807) is 12.1 Å². The molecule has 1 saturated heterocycles.